The Kier molecular flexibility index (Phi) is 5.66. The number of carbonyl (C=O) groups is 1. The molecule has 1 aliphatic heterocycles. The third kappa shape index (κ3) is 4.35. The third-order valence-corrected chi connectivity index (χ3v) is 4.83. The number of aromatic nitrogens is 2. The van der Waals surface area contributed by atoms with E-state index in [0.29, 0.717) is 23.1 Å². The fourth-order valence-corrected chi connectivity index (χ4v) is 3.10. The molecular formula is C19H23ClN4O. The first kappa shape index (κ1) is 17.8. The maximum absolute atomic E-state index is 12.8. The van der Waals surface area contributed by atoms with E-state index in [-0.39, 0.29) is 5.91 Å². The van der Waals surface area contributed by atoms with Crippen LogP contribution in [0, 0.1) is 6.92 Å². The van der Waals surface area contributed by atoms with E-state index in [0.717, 1.165) is 30.8 Å². The molecule has 0 atom stereocenters. The summed E-state index contributed by atoms with van der Waals surface area (Å²) in [5.74, 6) is 0.480. The smallest absolute Gasteiger partial charge is 0.272 e. The molecule has 1 amide bonds. The highest BCUT2D eigenvalue weighted by Gasteiger charge is 2.19. The van der Waals surface area contributed by atoms with Crippen LogP contribution in [0.3, 0.4) is 0 Å². The second kappa shape index (κ2) is 7.93. The van der Waals surface area contributed by atoms with Crippen LogP contribution >= 0.6 is 11.6 Å². The van der Waals surface area contributed by atoms with Crippen LogP contribution in [0.1, 0.15) is 28.9 Å². The van der Waals surface area contributed by atoms with Gasteiger partial charge in [-0.2, -0.15) is 0 Å². The molecule has 6 heteroatoms. The summed E-state index contributed by atoms with van der Waals surface area (Å²) in [5, 5.41) is 0.661. The highest BCUT2D eigenvalue weighted by Crippen LogP contribution is 2.19. The Balaban J connectivity index is 1.74. The van der Waals surface area contributed by atoms with Crippen LogP contribution < -0.4 is 0 Å². The van der Waals surface area contributed by atoms with Crippen molar-refractivity contribution in [3.63, 3.8) is 0 Å². The highest BCUT2D eigenvalue weighted by atomic mass is 35.5. The van der Waals surface area contributed by atoms with Crippen LogP contribution in [-0.4, -0.2) is 58.9 Å². The Hall–Kier alpha value is -1.98. The summed E-state index contributed by atoms with van der Waals surface area (Å²) in [6.45, 7) is 5.76. The number of hydrogen-bond acceptors (Lipinski definition) is 4. The first-order valence-electron chi connectivity index (χ1n) is 8.62. The van der Waals surface area contributed by atoms with Crippen molar-refractivity contribution in [2.75, 3.05) is 33.2 Å². The second-order valence-corrected chi connectivity index (χ2v) is 6.94. The Labute approximate surface area is 153 Å². The minimum Gasteiger partial charge on any atom is -0.339 e. The summed E-state index contributed by atoms with van der Waals surface area (Å²) in [5.41, 5.74) is 2.10. The number of carbonyl (C=O) groups excluding carboxylic acids is 1. The maximum atomic E-state index is 12.8. The van der Waals surface area contributed by atoms with Crippen LogP contribution in [0.15, 0.2) is 30.5 Å². The SMILES string of the molecule is Cc1cnc(-c2ccc(Cl)cc2)nc1C(=O)N(C)CCN1CCCC1. The summed E-state index contributed by atoms with van der Waals surface area (Å²) in [6, 6.07) is 7.31. The molecule has 0 bridgehead atoms. The lowest BCUT2D eigenvalue weighted by Gasteiger charge is -2.22. The Morgan fingerprint density at radius 2 is 1.92 bits per heavy atom. The van der Waals surface area contributed by atoms with E-state index in [4.69, 9.17) is 11.6 Å². The van der Waals surface area contributed by atoms with Gasteiger partial charge in [-0.3, -0.25) is 4.79 Å². The molecule has 1 saturated heterocycles. The predicted molar refractivity (Wildman–Crippen MR) is 99.8 cm³/mol. The standard InChI is InChI=1S/C19H23ClN4O/c1-14-13-21-18(15-5-7-16(20)8-6-15)22-17(14)19(25)23(2)11-12-24-9-3-4-10-24/h5-8,13H,3-4,9-12H2,1-2H3. The minimum absolute atomic E-state index is 0.0608. The first-order valence-corrected chi connectivity index (χ1v) is 9.00. The third-order valence-electron chi connectivity index (χ3n) is 4.57. The van der Waals surface area contributed by atoms with Gasteiger partial charge in [0.15, 0.2) is 5.82 Å². The first-order chi connectivity index (χ1) is 12.0. The van der Waals surface area contributed by atoms with Gasteiger partial charge in [0, 0.05) is 36.9 Å². The van der Waals surface area contributed by atoms with E-state index in [9.17, 15) is 4.79 Å². The maximum Gasteiger partial charge on any atom is 0.272 e. The van der Waals surface area contributed by atoms with Gasteiger partial charge < -0.3 is 9.80 Å². The van der Waals surface area contributed by atoms with Crippen LogP contribution in [0.25, 0.3) is 11.4 Å². The molecule has 0 unspecified atom stereocenters. The van der Waals surface area contributed by atoms with Crippen LogP contribution in [0.4, 0.5) is 0 Å². The average Bonchev–Trinajstić information content (AvgIpc) is 3.14. The molecule has 0 aliphatic carbocycles. The van der Waals surface area contributed by atoms with Crippen molar-refractivity contribution in [2.45, 2.75) is 19.8 Å². The summed E-state index contributed by atoms with van der Waals surface area (Å²) < 4.78 is 0. The molecule has 5 nitrogen and oxygen atoms in total. The molecule has 1 aromatic heterocycles. The highest BCUT2D eigenvalue weighted by molar-refractivity contribution is 6.30. The molecule has 1 fully saturated rings. The lowest BCUT2D eigenvalue weighted by atomic mass is 10.2. The lowest BCUT2D eigenvalue weighted by molar-refractivity contribution is 0.0775. The predicted octanol–water partition coefficient (Wildman–Crippen LogP) is 3.27. The average molecular weight is 359 g/mol. The topological polar surface area (TPSA) is 49.3 Å². The van der Waals surface area contributed by atoms with Crippen molar-refractivity contribution in [3.05, 3.63) is 46.7 Å². The molecule has 0 saturated carbocycles. The van der Waals surface area contributed by atoms with Gasteiger partial charge in [0.25, 0.3) is 5.91 Å². The fourth-order valence-electron chi connectivity index (χ4n) is 2.98. The van der Waals surface area contributed by atoms with Gasteiger partial charge >= 0.3 is 0 Å². The number of benzene rings is 1. The molecule has 132 valence electrons. The normalized spacial score (nSPS) is 14.7. The fraction of sp³-hybridized carbons (Fsp3) is 0.421. The van der Waals surface area contributed by atoms with Gasteiger partial charge in [-0.15, -0.1) is 0 Å². The van der Waals surface area contributed by atoms with Gasteiger partial charge in [-0.05, 0) is 62.7 Å². The van der Waals surface area contributed by atoms with E-state index in [2.05, 4.69) is 14.9 Å². The molecule has 1 aliphatic rings. The van der Waals surface area contributed by atoms with E-state index in [1.165, 1.54) is 12.8 Å². The molecule has 0 radical (unpaired) electrons. The second-order valence-electron chi connectivity index (χ2n) is 6.51. The zero-order valence-corrected chi connectivity index (χ0v) is 15.5. The minimum atomic E-state index is -0.0608. The molecule has 2 heterocycles. The van der Waals surface area contributed by atoms with Gasteiger partial charge in [-0.25, -0.2) is 9.97 Å². The van der Waals surface area contributed by atoms with Gasteiger partial charge in [0.2, 0.25) is 0 Å². The molecule has 25 heavy (non-hydrogen) atoms. The zero-order valence-electron chi connectivity index (χ0n) is 14.7. The summed E-state index contributed by atoms with van der Waals surface area (Å²) in [6.07, 6.45) is 4.22. The summed E-state index contributed by atoms with van der Waals surface area (Å²) in [7, 11) is 1.84. The molecular weight excluding hydrogens is 336 g/mol. The molecule has 3 rings (SSSR count). The van der Waals surface area contributed by atoms with Crippen LogP contribution in [0.2, 0.25) is 5.02 Å². The number of likely N-dealkylation sites (N-methyl/N-ethyl adjacent to an activating group) is 1. The van der Waals surface area contributed by atoms with E-state index >= 15 is 0 Å². The largest absolute Gasteiger partial charge is 0.339 e. The van der Waals surface area contributed by atoms with E-state index in [1.54, 1.807) is 23.2 Å². The molecule has 0 N–H and O–H groups in total. The van der Waals surface area contributed by atoms with Crippen LogP contribution in [-0.2, 0) is 0 Å². The molecule has 1 aromatic carbocycles. The monoisotopic (exact) mass is 358 g/mol. The lowest BCUT2D eigenvalue weighted by Crippen LogP contribution is -2.36. The zero-order chi connectivity index (χ0) is 17.8. The molecule has 2 aromatic rings. The van der Waals surface area contributed by atoms with Crippen molar-refractivity contribution < 1.29 is 4.79 Å². The quantitative estimate of drug-likeness (QED) is 0.823. The van der Waals surface area contributed by atoms with Crippen LogP contribution in [0.5, 0.6) is 0 Å². The van der Waals surface area contributed by atoms with Crippen molar-refractivity contribution >= 4 is 17.5 Å². The number of nitrogens with zero attached hydrogens (tertiary/aromatic N) is 4. The number of rotatable bonds is 5. The van der Waals surface area contributed by atoms with Gasteiger partial charge in [-0.1, -0.05) is 11.6 Å². The number of likely N-dealkylation sites (tertiary alicyclic amines) is 1. The number of hydrogen-bond donors (Lipinski definition) is 0. The van der Waals surface area contributed by atoms with Gasteiger partial charge in [0.1, 0.15) is 5.69 Å². The summed E-state index contributed by atoms with van der Waals surface area (Å²) in [4.78, 5) is 25.8. The molecule has 0 spiro atoms. The van der Waals surface area contributed by atoms with E-state index in [1.807, 2.05) is 26.1 Å². The van der Waals surface area contributed by atoms with Crippen molar-refractivity contribution in [3.8, 4) is 11.4 Å². The number of amides is 1. The van der Waals surface area contributed by atoms with Crippen molar-refractivity contribution in [1.29, 1.82) is 0 Å². The summed E-state index contributed by atoms with van der Waals surface area (Å²) >= 11 is 5.93. The number of halogens is 1. The number of aryl methyl sites for hydroxylation is 1. The van der Waals surface area contributed by atoms with Crippen molar-refractivity contribution in [1.82, 2.24) is 19.8 Å². The van der Waals surface area contributed by atoms with Gasteiger partial charge in [0.05, 0.1) is 0 Å². The van der Waals surface area contributed by atoms with Crippen molar-refractivity contribution in [2.24, 2.45) is 0 Å². The van der Waals surface area contributed by atoms with E-state index < -0.39 is 0 Å². The Morgan fingerprint density at radius 3 is 2.60 bits per heavy atom. The Bertz CT molecular complexity index is 742. The Morgan fingerprint density at radius 1 is 1.24 bits per heavy atom.